The number of rotatable bonds is 1. The standard InChI is InChI=1S/C11H14O/c1-9(2)11(3)7-4-5-10(12)6-8-11/h4-6,8H,1,7H2,2-3H3. The summed E-state index contributed by atoms with van der Waals surface area (Å²) in [5.74, 6) is 0.0694. The molecule has 1 aliphatic rings. The molecule has 0 aromatic rings. The Morgan fingerprint density at radius 3 is 2.83 bits per heavy atom. The Hall–Kier alpha value is -1.11. The summed E-state index contributed by atoms with van der Waals surface area (Å²) in [5, 5.41) is 0. The highest BCUT2D eigenvalue weighted by Gasteiger charge is 2.21. The van der Waals surface area contributed by atoms with E-state index in [1.54, 1.807) is 12.2 Å². The fraction of sp³-hybridized carbons (Fsp3) is 0.364. The maximum absolute atomic E-state index is 11.0. The van der Waals surface area contributed by atoms with Crippen molar-refractivity contribution >= 4 is 5.78 Å². The molecule has 12 heavy (non-hydrogen) atoms. The number of ketones is 1. The predicted molar refractivity (Wildman–Crippen MR) is 50.8 cm³/mol. The summed E-state index contributed by atoms with van der Waals surface area (Å²) >= 11 is 0. The van der Waals surface area contributed by atoms with Crippen molar-refractivity contribution in [3.05, 3.63) is 36.5 Å². The molecule has 1 rings (SSSR count). The molecule has 0 spiro atoms. The summed E-state index contributed by atoms with van der Waals surface area (Å²) in [7, 11) is 0. The van der Waals surface area contributed by atoms with Crippen molar-refractivity contribution in [3.63, 3.8) is 0 Å². The van der Waals surface area contributed by atoms with Crippen LogP contribution in [-0.2, 0) is 4.79 Å². The molecule has 1 atom stereocenters. The van der Waals surface area contributed by atoms with Gasteiger partial charge in [-0.15, -0.1) is 0 Å². The minimum atomic E-state index is -0.0390. The second-order valence-electron chi connectivity index (χ2n) is 3.54. The third kappa shape index (κ3) is 1.73. The van der Waals surface area contributed by atoms with Crippen molar-refractivity contribution in [2.75, 3.05) is 0 Å². The van der Waals surface area contributed by atoms with Crippen LogP contribution in [-0.4, -0.2) is 5.78 Å². The molecule has 0 saturated heterocycles. The highest BCUT2D eigenvalue weighted by Crippen LogP contribution is 2.32. The molecule has 1 unspecified atom stereocenters. The zero-order valence-electron chi connectivity index (χ0n) is 7.63. The molecule has 0 aliphatic heterocycles. The lowest BCUT2D eigenvalue weighted by Crippen LogP contribution is -2.12. The molecule has 0 amide bonds. The molecule has 0 bridgehead atoms. The Labute approximate surface area is 73.5 Å². The first-order chi connectivity index (χ1) is 5.54. The number of allylic oxidation sites excluding steroid dienone is 5. The maximum atomic E-state index is 11.0. The molecule has 0 heterocycles. The molecular formula is C11H14O. The number of hydrogen-bond acceptors (Lipinski definition) is 1. The van der Waals surface area contributed by atoms with Gasteiger partial charge in [-0.2, -0.15) is 0 Å². The van der Waals surface area contributed by atoms with Gasteiger partial charge in [0, 0.05) is 5.41 Å². The molecule has 1 aliphatic carbocycles. The van der Waals surface area contributed by atoms with Crippen molar-refractivity contribution in [1.29, 1.82) is 0 Å². The van der Waals surface area contributed by atoms with Crippen LogP contribution in [0.1, 0.15) is 20.3 Å². The first-order valence-electron chi connectivity index (χ1n) is 4.10. The van der Waals surface area contributed by atoms with Gasteiger partial charge < -0.3 is 0 Å². The molecule has 0 N–H and O–H groups in total. The van der Waals surface area contributed by atoms with Crippen molar-refractivity contribution in [2.24, 2.45) is 5.41 Å². The van der Waals surface area contributed by atoms with Crippen molar-refractivity contribution in [1.82, 2.24) is 0 Å². The van der Waals surface area contributed by atoms with Gasteiger partial charge in [-0.3, -0.25) is 4.79 Å². The maximum Gasteiger partial charge on any atom is 0.178 e. The highest BCUT2D eigenvalue weighted by molar-refractivity contribution is 5.99. The van der Waals surface area contributed by atoms with E-state index in [0.717, 1.165) is 12.0 Å². The van der Waals surface area contributed by atoms with Gasteiger partial charge >= 0.3 is 0 Å². The third-order valence-corrected chi connectivity index (χ3v) is 2.41. The van der Waals surface area contributed by atoms with Crippen LogP contribution >= 0.6 is 0 Å². The average molecular weight is 162 g/mol. The highest BCUT2D eigenvalue weighted by atomic mass is 16.1. The molecule has 0 fully saturated rings. The lowest BCUT2D eigenvalue weighted by Gasteiger charge is -2.23. The fourth-order valence-corrected chi connectivity index (χ4v) is 1.13. The molecule has 0 aromatic carbocycles. The predicted octanol–water partition coefficient (Wildman–Crippen LogP) is 2.65. The fourth-order valence-electron chi connectivity index (χ4n) is 1.13. The summed E-state index contributed by atoms with van der Waals surface area (Å²) in [6, 6.07) is 0. The lowest BCUT2D eigenvalue weighted by atomic mass is 9.81. The van der Waals surface area contributed by atoms with Crippen LogP contribution in [0.15, 0.2) is 36.5 Å². The summed E-state index contributed by atoms with van der Waals surface area (Å²) in [5.41, 5.74) is 1.06. The van der Waals surface area contributed by atoms with Crippen LogP contribution in [0.5, 0.6) is 0 Å². The van der Waals surface area contributed by atoms with E-state index in [9.17, 15) is 4.79 Å². The van der Waals surface area contributed by atoms with E-state index in [-0.39, 0.29) is 11.2 Å². The average Bonchev–Trinajstić information content (AvgIpc) is 2.15. The summed E-state index contributed by atoms with van der Waals surface area (Å²) in [6.07, 6.45) is 7.96. The van der Waals surface area contributed by atoms with Gasteiger partial charge in [-0.05, 0) is 25.5 Å². The minimum Gasteiger partial charge on any atom is -0.290 e. The summed E-state index contributed by atoms with van der Waals surface area (Å²) < 4.78 is 0. The van der Waals surface area contributed by atoms with E-state index < -0.39 is 0 Å². The van der Waals surface area contributed by atoms with Gasteiger partial charge in [0.1, 0.15) is 0 Å². The zero-order chi connectivity index (χ0) is 9.19. The van der Waals surface area contributed by atoms with E-state index in [1.807, 2.05) is 19.1 Å². The van der Waals surface area contributed by atoms with Gasteiger partial charge in [-0.25, -0.2) is 0 Å². The van der Waals surface area contributed by atoms with Crippen molar-refractivity contribution in [3.8, 4) is 0 Å². The van der Waals surface area contributed by atoms with Crippen LogP contribution in [0.3, 0.4) is 0 Å². The van der Waals surface area contributed by atoms with Crippen LogP contribution in [0, 0.1) is 5.41 Å². The van der Waals surface area contributed by atoms with Crippen molar-refractivity contribution in [2.45, 2.75) is 20.3 Å². The van der Waals surface area contributed by atoms with Crippen LogP contribution in [0.4, 0.5) is 0 Å². The molecule has 0 radical (unpaired) electrons. The molecule has 0 aromatic heterocycles. The molecule has 1 heteroatoms. The van der Waals surface area contributed by atoms with E-state index in [4.69, 9.17) is 0 Å². The van der Waals surface area contributed by atoms with Gasteiger partial charge in [0.25, 0.3) is 0 Å². The van der Waals surface area contributed by atoms with Gasteiger partial charge in [0.05, 0.1) is 0 Å². The molecular weight excluding hydrogens is 148 g/mol. The summed E-state index contributed by atoms with van der Waals surface area (Å²) in [4.78, 5) is 11.0. The number of carbonyl (C=O) groups excluding carboxylic acids is 1. The van der Waals surface area contributed by atoms with Gasteiger partial charge in [0.2, 0.25) is 0 Å². The van der Waals surface area contributed by atoms with E-state index in [1.165, 1.54) is 0 Å². The second kappa shape index (κ2) is 3.10. The normalized spacial score (nSPS) is 28.7. The Morgan fingerprint density at radius 2 is 2.25 bits per heavy atom. The largest absolute Gasteiger partial charge is 0.290 e. The van der Waals surface area contributed by atoms with E-state index in [0.29, 0.717) is 0 Å². The second-order valence-corrected chi connectivity index (χ2v) is 3.54. The first kappa shape index (κ1) is 8.98. The topological polar surface area (TPSA) is 17.1 Å². The SMILES string of the molecule is C=C(C)C1(C)C=CC(=O)C=CC1. The van der Waals surface area contributed by atoms with Crippen LogP contribution in [0.25, 0.3) is 0 Å². The summed E-state index contributed by atoms with van der Waals surface area (Å²) in [6.45, 7) is 8.01. The lowest BCUT2D eigenvalue weighted by molar-refractivity contribution is -0.110. The number of carbonyl (C=O) groups is 1. The van der Waals surface area contributed by atoms with Crippen LogP contribution in [0.2, 0.25) is 0 Å². The quantitative estimate of drug-likeness (QED) is 0.542. The third-order valence-electron chi connectivity index (χ3n) is 2.41. The number of hydrogen-bond donors (Lipinski definition) is 0. The van der Waals surface area contributed by atoms with Gasteiger partial charge in [0.15, 0.2) is 5.78 Å². The molecule has 1 nitrogen and oxygen atoms in total. The molecule has 0 saturated carbocycles. The minimum absolute atomic E-state index is 0.0390. The molecule has 64 valence electrons. The Kier molecular flexibility index (Phi) is 2.32. The van der Waals surface area contributed by atoms with E-state index in [2.05, 4.69) is 13.5 Å². The van der Waals surface area contributed by atoms with Gasteiger partial charge in [-0.1, -0.05) is 31.2 Å². The van der Waals surface area contributed by atoms with Crippen molar-refractivity contribution < 1.29 is 4.79 Å². The monoisotopic (exact) mass is 162 g/mol. The Balaban J connectivity index is 2.96. The Bertz CT molecular complexity index is 271. The van der Waals surface area contributed by atoms with Crippen LogP contribution < -0.4 is 0 Å². The first-order valence-corrected chi connectivity index (χ1v) is 4.10. The smallest absolute Gasteiger partial charge is 0.178 e. The van der Waals surface area contributed by atoms with E-state index >= 15 is 0 Å². The zero-order valence-corrected chi connectivity index (χ0v) is 7.63. The Morgan fingerprint density at radius 1 is 1.58 bits per heavy atom.